The fourth-order valence-corrected chi connectivity index (χ4v) is 3.43. The molecule has 1 N–H and O–H groups in total. The van der Waals surface area contributed by atoms with Crippen molar-refractivity contribution in [1.82, 2.24) is 14.9 Å². The Morgan fingerprint density at radius 2 is 1.97 bits per heavy atom. The summed E-state index contributed by atoms with van der Waals surface area (Å²) < 4.78 is 53.2. The molecule has 7 nitrogen and oxygen atoms in total. The lowest BCUT2D eigenvalue weighted by molar-refractivity contribution is 0.101. The van der Waals surface area contributed by atoms with Gasteiger partial charge in [-0.3, -0.25) is 9.48 Å². The number of halogens is 4. The van der Waals surface area contributed by atoms with Gasteiger partial charge in [0, 0.05) is 17.8 Å². The van der Waals surface area contributed by atoms with Crippen LogP contribution in [0.5, 0.6) is 5.75 Å². The molecule has 1 amide bonds. The highest BCUT2D eigenvalue weighted by Crippen LogP contribution is 2.24. The van der Waals surface area contributed by atoms with E-state index in [-0.39, 0.29) is 41.8 Å². The van der Waals surface area contributed by atoms with Gasteiger partial charge in [0.05, 0.1) is 16.6 Å². The first-order chi connectivity index (χ1) is 15.8. The number of carbonyl (C=O) groups is 1. The Bertz CT molecular complexity index is 1320. The molecule has 0 aliphatic heterocycles. The van der Waals surface area contributed by atoms with Crippen LogP contribution in [0.15, 0.2) is 57.7 Å². The van der Waals surface area contributed by atoms with Gasteiger partial charge < -0.3 is 14.6 Å². The summed E-state index contributed by atoms with van der Waals surface area (Å²) in [6, 6.07) is 9.19. The third-order valence-electron chi connectivity index (χ3n) is 4.70. The fraction of sp³-hybridized carbons (Fsp3) is 0.136. The molecule has 0 saturated carbocycles. The van der Waals surface area contributed by atoms with E-state index in [1.807, 2.05) is 0 Å². The Balaban J connectivity index is 1.48. The monoisotopic (exact) mass is 520 g/mol. The number of anilines is 1. The molecule has 0 saturated heterocycles. The van der Waals surface area contributed by atoms with Crippen LogP contribution in [0.2, 0.25) is 0 Å². The van der Waals surface area contributed by atoms with Crippen LogP contribution < -0.4 is 10.1 Å². The predicted octanol–water partition coefficient (Wildman–Crippen LogP) is 5.24. The zero-order chi connectivity index (χ0) is 23.5. The average Bonchev–Trinajstić information content (AvgIpc) is 3.31. The summed E-state index contributed by atoms with van der Waals surface area (Å²) in [6.07, 6.45) is 1.59. The number of aryl methyl sites for hydroxylation is 1. The molecule has 2 aromatic heterocycles. The standard InChI is InChI=1S/C22H16BrF3N4O3/c1-12-15(11-32-19-7-6-14(24)8-18(19)26)20(29-33-12)22(31)27-21-16(23)10-30(28-21)9-13-4-2-3-5-17(13)25/h2-8,10H,9,11H2,1H3,(H,27,28,31). The molecular weight excluding hydrogens is 505 g/mol. The smallest absolute Gasteiger partial charge is 0.279 e. The molecule has 4 aromatic rings. The van der Waals surface area contributed by atoms with Crippen LogP contribution in [0.1, 0.15) is 27.4 Å². The van der Waals surface area contributed by atoms with Crippen molar-refractivity contribution in [2.45, 2.75) is 20.1 Å². The van der Waals surface area contributed by atoms with E-state index in [1.165, 1.54) is 10.7 Å². The minimum absolute atomic E-state index is 0.0782. The number of amides is 1. The van der Waals surface area contributed by atoms with Gasteiger partial charge >= 0.3 is 0 Å². The first kappa shape index (κ1) is 22.6. The second-order valence-corrected chi connectivity index (χ2v) is 7.85. The third-order valence-corrected chi connectivity index (χ3v) is 5.29. The van der Waals surface area contributed by atoms with Crippen molar-refractivity contribution in [2.24, 2.45) is 0 Å². The van der Waals surface area contributed by atoms with Crippen LogP contribution in [0, 0.1) is 24.4 Å². The molecule has 0 radical (unpaired) electrons. The minimum Gasteiger partial charge on any atom is -0.486 e. The Hall–Kier alpha value is -3.60. The van der Waals surface area contributed by atoms with E-state index in [1.54, 1.807) is 31.3 Å². The van der Waals surface area contributed by atoms with Crippen LogP contribution in [-0.4, -0.2) is 20.8 Å². The van der Waals surface area contributed by atoms with Crippen molar-refractivity contribution in [3.63, 3.8) is 0 Å². The van der Waals surface area contributed by atoms with Crippen LogP contribution >= 0.6 is 15.9 Å². The molecule has 0 fully saturated rings. The van der Waals surface area contributed by atoms with Gasteiger partial charge in [-0.2, -0.15) is 5.10 Å². The Morgan fingerprint density at radius 1 is 1.18 bits per heavy atom. The average molecular weight is 521 g/mol. The van der Waals surface area contributed by atoms with Crippen molar-refractivity contribution in [3.8, 4) is 5.75 Å². The van der Waals surface area contributed by atoms with Gasteiger partial charge in [0.1, 0.15) is 24.0 Å². The zero-order valence-electron chi connectivity index (χ0n) is 17.1. The summed E-state index contributed by atoms with van der Waals surface area (Å²) >= 11 is 3.32. The normalized spacial score (nSPS) is 10.9. The minimum atomic E-state index is -0.876. The number of hydrogen-bond donors (Lipinski definition) is 1. The molecule has 0 aliphatic rings. The van der Waals surface area contributed by atoms with Crippen molar-refractivity contribution in [3.05, 3.63) is 93.2 Å². The lowest BCUT2D eigenvalue weighted by Gasteiger charge is -2.08. The largest absolute Gasteiger partial charge is 0.486 e. The Morgan fingerprint density at radius 3 is 2.73 bits per heavy atom. The van der Waals surface area contributed by atoms with Gasteiger partial charge in [-0.25, -0.2) is 13.2 Å². The van der Waals surface area contributed by atoms with Gasteiger partial charge in [0.15, 0.2) is 23.1 Å². The maximum atomic E-state index is 13.9. The molecule has 2 aromatic carbocycles. The van der Waals surface area contributed by atoms with E-state index in [9.17, 15) is 18.0 Å². The van der Waals surface area contributed by atoms with Gasteiger partial charge in [0.25, 0.3) is 5.91 Å². The number of nitrogens with zero attached hydrogens (tertiary/aromatic N) is 3. The summed E-state index contributed by atoms with van der Waals surface area (Å²) in [5.74, 6) is -2.31. The highest BCUT2D eigenvalue weighted by molar-refractivity contribution is 9.10. The molecule has 0 aliphatic carbocycles. The molecule has 11 heteroatoms. The third kappa shape index (κ3) is 5.08. The lowest BCUT2D eigenvalue weighted by atomic mass is 10.2. The van der Waals surface area contributed by atoms with Gasteiger partial charge in [-0.05, 0) is 41.1 Å². The van der Waals surface area contributed by atoms with Gasteiger partial charge in [0.2, 0.25) is 0 Å². The van der Waals surface area contributed by atoms with Crippen LogP contribution in [-0.2, 0) is 13.2 Å². The maximum absolute atomic E-state index is 13.9. The van der Waals surface area contributed by atoms with E-state index in [2.05, 4.69) is 31.5 Å². The summed E-state index contributed by atoms with van der Waals surface area (Å²) in [7, 11) is 0. The quantitative estimate of drug-likeness (QED) is 0.360. The molecule has 0 atom stereocenters. The van der Waals surface area contributed by atoms with Crippen LogP contribution in [0.4, 0.5) is 19.0 Å². The van der Waals surface area contributed by atoms with Crippen molar-refractivity contribution >= 4 is 27.7 Å². The molecular formula is C22H16BrF3N4O3. The summed E-state index contributed by atoms with van der Waals surface area (Å²) in [5.41, 5.74) is 0.647. The maximum Gasteiger partial charge on any atom is 0.279 e. The van der Waals surface area contributed by atoms with E-state index in [0.29, 0.717) is 21.9 Å². The van der Waals surface area contributed by atoms with Crippen molar-refractivity contribution in [1.29, 1.82) is 0 Å². The lowest BCUT2D eigenvalue weighted by Crippen LogP contribution is -2.16. The molecule has 0 spiro atoms. The number of benzene rings is 2. The number of hydrogen-bond acceptors (Lipinski definition) is 5. The second-order valence-electron chi connectivity index (χ2n) is 7.00. The van der Waals surface area contributed by atoms with E-state index >= 15 is 0 Å². The number of ether oxygens (including phenoxy) is 1. The Labute approximate surface area is 194 Å². The van der Waals surface area contributed by atoms with E-state index < -0.39 is 17.5 Å². The number of nitrogens with one attached hydrogen (secondary N) is 1. The van der Waals surface area contributed by atoms with Crippen molar-refractivity contribution < 1.29 is 27.2 Å². The SMILES string of the molecule is Cc1onc(C(=O)Nc2nn(Cc3ccccc3F)cc2Br)c1COc1ccc(F)cc1F. The Kier molecular flexibility index (Phi) is 6.50. The zero-order valence-corrected chi connectivity index (χ0v) is 18.7. The number of rotatable bonds is 7. The molecule has 0 unspecified atom stereocenters. The number of carbonyl (C=O) groups excluding carboxylic acids is 1. The molecule has 0 bridgehead atoms. The van der Waals surface area contributed by atoms with Gasteiger partial charge in [-0.1, -0.05) is 23.4 Å². The molecule has 170 valence electrons. The molecule has 33 heavy (non-hydrogen) atoms. The first-order valence-corrected chi connectivity index (χ1v) is 10.4. The van der Waals surface area contributed by atoms with Crippen molar-refractivity contribution in [2.75, 3.05) is 5.32 Å². The van der Waals surface area contributed by atoms with E-state index in [4.69, 9.17) is 9.26 Å². The summed E-state index contributed by atoms with van der Waals surface area (Å²) in [6.45, 7) is 1.50. The highest BCUT2D eigenvalue weighted by atomic mass is 79.9. The first-order valence-electron chi connectivity index (χ1n) is 9.62. The summed E-state index contributed by atoms with van der Waals surface area (Å²) in [5, 5.41) is 10.6. The summed E-state index contributed by atoms with van der Waals surface area (Å²) in [4.78, 5) is 12.8. The van der Waals surface area contributed by atoms with Crippen LogP contribution in [0.3, 0.4) is 0 Å². The predicted molar refractivity (Wildman–Crippen MR) is 115 cm³/mol. The fourth-order valence-electron chi connectivity index (χ4n) is 3.01. The molecule has 4 rings (SSSR count). The van der Waals surface area contributed by atoms with Crippen LogP contribution in [0.25, 0.3) is 0 Å². The topological polar surface area (TPSA) is 82.2 Å². The number of aromatic nitrogens is 3. The molecule has 2 heterocycles. The second kappa shape index (κ2) is 9.49. The highest BCUT2D eigenvalue weighted by Gasteiger charge is 2.23. The van der Waals surface area contributed by atoms with E-state index in [0.717, 1.165) is 12.1 Å². The van der Waals surface area contributed by atoms with Gasteiger partial charge in [-0.15, -0.1) is 0 Å².